The number of hydrogen-bond acceptors (Lipinski definition) is 5. The summed E-state index contributed by atoms with van der Waals surface area (Å²) in [5.41, 5.74) is 0. The Hall–Kier alpha value is -2.37. The van der Waals surface area contributed by atoms with Gasteiger partial charge in [-0.15, -0.1) is 0 Å². The van der Waals surface area contributed by atoms with Gasteiger partial charge in [-0.1, -0.05) is 30.3 Å². The Bertz CT molecular complexity index is 861. The molecule has 1 spiro atoms. The van der Waals surface area contributed by atoms with Gasteiger partial charge in [0.05, 0.1) is 29.4 Å². The van der Waals surface area contributed by atoms with E-state index >= 15 is 0 Å². The summed E-state index contributed by atoms with van der Waals surface area (Å²) in [6, 6.07) is 11.5. The number of rotatable bonds is 0. The zero-order valence-corrected chi connectivity index (χ0v) is 13.5. The van der Waals surface area contributed by atoms with Crippen LogP contribution in [-0.2, 0) is 4.79 Å². The summed E-state index contributed by atoms with van der Waals surface area (Å²) in [6.45, 7) is 0. The van der Waals surface area contributed by atoms with Gasteiger partial charge in [-0.3, -0.25) is 4.79 Å². The van der Waals surface area contributed by atoms with Crippen LogP contribution in [0.2, 0.25) is 0 Å². The average molecular weight is 338 g/mol. The molecule has 25 heavy (non-hydrogen) atoms. The number of benzene rings is 2. The molecule has 0 amide bonds. The van der Waals surface area contributed by atoms with Crippen molar-refractivity contribution >= 4 is 16.6 Å². The minimum atomic E-state index is -1.29. The Kier molecular flexibility index (Phi) is 3.03. The number of ether oxygens (including phenoxy) is 2. The van der Waals surface area contributed by atoms with Crippen LogP contribution < -0.4 is 9.47 Å². The number of fused-ring (bicyclic) bond motifs is 2. The van der Waals surface area contributed by atoms with E-state index in [2.05, 4.69) is 0 Å². The van der Waals surface area contributed by atoms with Gasteiger partial charge in [0.15, 0.2) is 0 Å². The van der Waals surface area contributed by atoms with Gasteiger partial charge >= 0.3 is 0 Å². The summed E-state index contributed by atoms with van der Waals surface area (Å²) in [4.78, 5) is 12.4. The number of carbonyl (C=O) groups excluding carboxylic acids is 1. The number of carbonyl (C=O) groups is 1. The Morgan fingerprint density at radius 2 is 1.72 bits per heavy atom. The molecule has 2 aromatic rings. The molecule has 0 radical (unpaired) electrons. The van der Waals surface area contributed by atoms with Crippen LogP contribution in [0, 0.1) is 11.8 Å². The minimum Gasteiger partial charge on any atom is -0.448 e. The van der Waals surface area contributed by atoms with Crippen molar-refractivity contribution < 1.29 is 24.5 Å². The van der Waals surface area contributed by atoms with Gasteiger partial charge in [0.25, 0.3) is 5.79 Å². The lowest BCUT2D eigenvalue weighted by molar-refractivity contribution is -0.195. The Labute approximate surface area is 144 Å². The highest BCUT2D eigenvalue weighted by molar-refractivity contribution is 5.94. The van der Waals surface area contributed by atoms with E-state index in [0.29, 0.717) is 17.9 Å². The molecule has 2 aromatic carbocycles. The van der Waals surface area contributed by atoms with Crippen LogP contribution in [-0.4, -0.2) is 34.0 Å². The first-order chi connectivity index (χ1) is 12.1. The van der Waals surface area contributed by atoms with Gasteiger partial charge in [-0.05, 0) is 30.0 Å². The molecule has 128 valence electrons. The Balaban J connectivity index is 1.69. The van der Waals surface area contributed by atoms with Crippen LogP contribution in [0.4, 0.5) is 0 Å². The normalized spacial score (nSPS) is 32.2. The summed E-state index contributed by atoms with van der Waals surface area (Å²) in [5, 5.41) is 22.8. The van der Waals surface area contributed by atoms with E-state index in [1.165, 1.54) is 0 Å². The fourth-order valence-electron chi connectivity index (χ4n) is 4.47. The van der Waals surface area contributed by atoms with Crippen molar-refractivity contribution in [1.82, 2.24) is 0 Å². The molecule has 0 bridgehead atoms. The monoisotopic (exact) mass is 338 g/mol. The third-order valence-electron chi connectivity index (χ3n) is 5.59. The van der Waals surface area contributed by atoms with Crippen LogP contribution in [0.25, 0.3) is 10.8 Å². The molecule has 0 aromatic heterocycles. The molecule has 4 unspecified atom stereocenters. The van der Waals surface area contributed by atoms with Crippen LogP contribution in [0.1, 0.15) is 12.8 Å². The van der Waals surface area contributed by atoms with Gasteiger partial charge in [0, 0.05) is 6.42 Å². The summed E-state index contributed by atoms with van der Waals surface area (Å²) in [6.07, 6.45) is 2.08. The molecule has 2 N–H and O–H groups in total. The molecule has 5 nitrogen and oxygen atoms in total. The van der Waals surface area contributed by atoms with Crippen molar-refractivity contribution in [3.8, 4) is 11.5 Å². The molecule has 5 heteroatoms. The van der Waals surface area contributed by atoms with Gasteiger partial charge in [-0.25, -0.2) is 0 Å². The molecule has 1 heterocycles. The average Bonchev–Trinajstić information content (AvgIpc) is 2.61. The molecule has 2 aliphatic carbocycles. The maximum atomic E-state index is 12.4. The fourth-order valence-corrected chi connectivity index (χ4v) is 4.47. The fraction of sp³-hybridized carbons (Fsp3) is 0.350. The van der Waals surface area contributed by atoms with Crippen molar-refractivity contribution in [2.75, 3.05) is 0 Å². The predicted molar refractivity (Wildman–Crippen MR) is 90.3 cm³/mol. The van der Waals surface area contributed by atoms with E-state index < -0.39 is 29.8 Å². The van der Waals surface area contributed by atoms with Crippen LogP contribution in [0.3, 0.4) is 0 Å². The summed E-state index contributed by atoms with van der Waals surface area (Å²) >= 11 is 0. The second-order valence-electron chi connectivity index (χ2n) is 7.01. The van der Waals surface area contributed by atoms with Crippen molar-refractivity contribution in [2.24, 2.45) is 11.8 Å². The Morgan fingerprint density at radius 1 is 1.04 bits per heavy atom. The number of Topliss-reactive ketones (excluding diaryl/α,β-unsaturated/α-hetero) is 1. The number of aliphatic hydroxyl groups excluding tert-OH is 2. The lowest BCUT2D eigenvalue weighted by atomic mass is 9.66. The first kappa shape index (κ1) is 14.9. The molecular weight excluding hydrogens is 320 g/mol. The molecule has 1 fully saturated rings. The summed E-state index contributed by atoms with van der Waals surface area (Å²) < 4.78 is 12.5. The zero-order chi connectivity index (χ0) is 17.2. The molecular formula is C20H18O5. The molecule has 1 saturated carbocycles. The van der Waals surface area contributed by atoms with Crippen LogP contribution in [0.5, 0.6) is 11.5 Å². The number of ketones is 1. The van der Waals surface area contributed by atoms with Crippen molar-refractivity contribution in [3.63, 3.8) is 0 Å². The highest BCUT2D eigenvalue weighted by Gasteiger charge is 2.58. The minimum absolute atomic E-state index is 0.0595. The van der Waals surface area contributed by atoms with Crippen molar-refractivity contribution in [1.29, 1.82) is 0 Å². The number of aliphatic hydroxyl groups is 2. The van der Waals surface area contributed by atoms with E-state index in [0.717, 1.165) is 10.8 Å². The quantitative estimate of drug-likeness (QED) is 0.720. The molecule has 1 aliphatic heterocycles. The summed E-state index contributed by atoms with van der Waals surface area (Å²) in [7, 11) is 0. The lowest BCUT2D eigenvalue weighted by Crippen LogP contribution is -2.62. The SMILES string of the molecule is O=C1CCC(O)C2C1C(O)C=CC21Oc2cccc3cccc(c23)O1. The Morgan fingerprint density at radius 3 is 2.40 bits per heavy atom. The van der Waals surface area contributed by atoms with Crippen molar-refractivity contribution in [2.45, 2.75) is 30.8 Å². The van der Waals surface area contributed by atoms with E-state index in [4.69, 9.17) is 9.47 Å². The largest absolute Gasteiger partial charge is 0.448 e. The molecule has 3 aliphatic rings. The van der Waals surface area contributed by atoms with Crippen LogP contribution >= 0.6 is 0 Å². The molecule has 5 rings (SSSR count). The standard InChI is InChI=1S/C20H18O5/c21-12-7-8-14(23)19-18(12)13(22)9-10-20(19)24-15-5-1-3-11-4-2-6-16(25-20)17(11)15/h1-6,9-10,13-14,18-19,22-23H,7-8H2. The van der Waals surface area contributed by atoms with Crippen LogP contribution in [0.15, 0.2) is 48.6 Å². The van der Waals surface area contributed by atoms with Gasteiger partial charge in [-0.2, -0.15) is 0 Å². The highest BCUT2D eigenvalue weighted by Crippen LogP contribution is 2.50. The van der Waals surface area contributed by atoms with E-state index in [-0.39, 0.29) is 12.2 Å². The smallest absolute Gasteiger partial charge is 0.277 e. The molecule has 4 atom stereocenters. The first-order valence-corrected chi connectivity index (χ1v) is 8.57. The predicted octanol–water partition coefficient (Wildman–Crippen LogP) is 2.19. The maximum Gasteiger partial charge on any atom is 0.277 e. The zero-order valence-electron chi connectivity index (χ0n) is 13.5. The third kappa shape index (κ3) is 2.00. The summed E-state index contributed by atoms with van der Waals surface area (Å²) in [5.74, 6) is -1.41. The molecule has 0 saturated heterocycles. The third-order valence-corrected chi connectivity index (χ3v) is 5.59. The van der Waals surface area contributed by atoms with Gasteiger partial charge in [0.2, 0.25) is 0 Å². The highest BCUT2D eigenvalue weighted by atomic mass is 16.7. The van der Waals surface area contributed by atoms with E-state index in [1.54, 1.807) is 12.2 Å². The lowest BCUT2D eigenvalue weighted by Gasteiger charge is -2.50. The van der Waals surface area contributed by atoms with Gasteiger partial charge < -0.3 is 19.7 Å². The number of hydrogen-bond donors (Lipinski definition) is 2. The second-order valence-corrected chi connectivity index (χ2v) is 7.01. The second kappa shape index (κ2) is 5.07. The van der Waals surface area contributed by atoms with Crippen molar-refractivity contribution in [3.05, 3.63) is 48.6 Å². The maximum absolute atomic E-state index is 12.4. The first-order valence-electron chi connectivity index (χ1n) is 8.57. The van der Waals surface area contributed by atoms with E-state index in [9.17, 15) is 15.0 Å². The topological polar surface area (TPSA) is 76.0 Å². The van der Waals surface area contributed by atoms with E-state index in [1.807, 2.05) is 36.4 Å². The van der Waals surface area contributed by atoms with Gasteiger partial charge in [0.1, 0.15) is 17.3 Å².